The summed E-state index contributed by atoms with van der Waals surface area (Å²) in [6.45, 7) is 4.30. The smallest absolute Gasteiger partial charge is 0.462 e. The third-order valence-corrected chi connectivity index (χ3v) is 9.57. The molecule has 9 nitrogen and oxygen atoms in total. The lowest BCUT2D eigenvalue weighted by atomic mass is 10.1. The van der Waals surface area contributed by atoms with Crippen molar-refractivity contribution in [2.24, 2.45) is 0 Å². The molecule has 0 rings (SSSR count). The van der Waals surface area contributed by atoms with E-state index in [0.717, 1.165) is 64.2 Å². The van der Waals surface area contributed by atoms with Gasteiger partial charge in [0.05, 0.1) is 27.7 Å². The highest BCUT2D eigenvalue weighted by atomic mass is 31.2. The predicted molar refractivity (Wildman–Crippen MR) is 220 cm³/mol. The lowest BCUT2D eigenvalue weighted by molar-refractivity contribution is -0.870. The van der Waals surface area contributed by atoms with E-state index in [1.807, 2.05) is 21.1 Å². The second-order valence-corrected chi connectivity index (χ2v) is 16.5. The van der Waals surface area contributed by atoms with E-state index in [1.54, 1.807) is 0 Å². The van der Waals surface area contributed by atoms with Crippen molar-refractivity contribution in [3.63, 3.8) is 0 Å². The van der Waals surface area contributed by atoms with Gasteiger partial charge in [0, 0.05) is 12.8 Å². The Morgan fingerprint density at radius 1 is 0.585 bits per heavy atom. The first-order chi connectivity index (χ1) is 25.5. The number of phosphoric acid groups is 1. The number of hydrogen-bond donors (Lipinski definition) is 1. The Bertz CT molecular complexity index is 1050. The van der Waals surface area contributed by atoms with Gasteiger partial charge in [0.1, 0.15) is 19.8 Å². The number of esters is 2. The summed E-state index contributed by atoms with van der Waals surface area (Å²) in [7, 11) is 1.43. The van der Waals surface area contributed by atoms with Gasteiger partial charge >= 0.3 is 19.8 Å². The molecular weight excluding hydrogens is 689 g/mol. The van der Waals surface area contributed by atoms with Crippen LogP contribution in [0.1, 0.15) is 162 Å². The Hall–Kier alpha value is -2.03. The molecule has 0 aromatic carbocycles. The molecular formula is C43H79NO8P+. The van der Waals surface area contributed by atoms with Crippen molar-refractivity contribution in [1.29, 1.82) is 0 Å². The maximum Gasteiger partial charge on any atom is 0.472 e. The molecule has 0 aliphatic carbocycles. The van der Waals surface area contributed by atoms with Crippen LogP contribution in [0.25, 0.3) is 0 Å². The number of hydrogen-bond acceptors (Lipinski definition) is 7. The standard InChI is InChI=1S/C43H78NO8P/c1-6-8-10-12-14-16-18-20-21-22-23-24-26-28-30-32-34-36-43(46)52-41(40-51-53(47,48)50-38-37-44(3,4)5)39-49-42(45)35-33-31-29-27-25-19-17-15-13-11-9-7-2/h15,17,20-21,23-24,28,30,41H,6-14,16,18-19,22,25-27,29,31-40H2,1-5H3/p+1/b17-15+,21-20+,24-23+,30-28+/t41-/m1/s1. The normalized spacial score (nSPS) is 14.2. The third-order valence-electron chi connectivity index (χ3n) is 8.58. The fourth-order valence-corrected chi connectivity index (χ4v) is 6.00. The van der Waals surface area contributed by atoms with Gasteiger partial charge < -0.3 is 18.9 Å². The maximum atomic E-state index is 12.6. The second-order valence-electron chi connectivity index (χ2n) is 15.0. The largest absolute Gasteiger partial charge is 0.472 e. The van der Waals surface area contributed by atoms with E-state index < -0.39 is 32.5 Å². The minimum absolute atomic E-state index is 0.0200. The third kappa shape index (κ3) is 39.5. The molecule has 0 fully saturated rings. The summed E-state index contributed by atoms with van der Waals surface area (Å²) in [6, 6.07) is 0. The molecule has 0 aromatic rings. The zero-order valence-corrected chi connectivity index (χ0v) is 35.4. The van der Waals surface area contributed by atoms with Crippen molar-refractivity contribution < 1.29 is 42.1 Å². The Kier molecular flexibility index (Phi) is 34.3. The van der Waals surface area contributed by atoms with Crippen LogP contribution in [0.2, 0.25) is 0 Å². The maximum absolute atomic E-state index is 12.6. The van der Waals surface area contributed by atoms with E-state index in [0.29, 0.717) is 17.4 Å². The van der Waals surface area contributed by atoms with Crippen LogP contribution in [0.5, 0.6) is 0 Å². The first-order valence-electron chi connectivity index (χ1n) is 20.9. The van der Waals surface area contributed by atoms with Crippen LogP contribution < -0.4 is 0 Å². The average Bonchev–Trinajstić information content (AvgIpc) is 3.10. The Morgan fingerprint density at radius 2 is 1.04 bits per heavy atom. The Balaban J connectivity index is 4.50. The van der Waals surface area contributed by atoms with Gasteiger partial charge in [0.15, 0.2) is 6.10 Å². The number of nitrogens with zero attached hydrogens (tertiary/aromatic N) is 1. The van der Waals surface area contributed by atoms with E-state index in [1.165, 1.54) is 64.2 Å². The summed E-state index contributed by atoms with van der Waals surface area (Å²) in [5.41, 5.74) is 0. The number of carbonyl (C=O) groups is 2. The fraction of sp³-hybridized carbons (Fsp3) is 0.767. The number of quaternary nitrogens is 1. The molecule has 0 aliphatic heterocycles. The van der Waals surface area contributed by atoms with E-state index in [-0.39, 0.29) is 26.1 Å². The monoisotopic (exact) mass is 769 g/mol. The highest BCUT2D eigenvalue weighted by Crippen LogP contribution is 2.43. The van der Waals surface area contributed by atoms with Crippen LogP contribution in [-0.2, 0) is 32.7 Å². The summed E-state index contributed by atoms with van der Waals surface area (Å²) < 4.78 is 34.1. The van der Waals surface area contributed by atoms with Crippen molar-refractivity contribution in [3.8, 4) is 0 Å². The Morgan fingerprint density at radius 3 is 1.62 bits per heavy atom. The van der Waals surface area contributed by atoms with Crippen molar-refractivity contribution in [2.75, 3.05) is 47.5 Å². The number of unbranched alkanes of at least 4 members (excludes halogenated alkanes) is 15. The van der Waals surface area contributed by atoms with Crippen molar-refractivity contribution in [1.82, 2.24) is 0 Å². The number of rotatable bonds is 37. The van der Waals surface area contributed by atoms with Gasteiger partial charge in [-0.1, -0.05) is 127 Å². The van der Waals surface area contributed by atoms with Crippen molar-refractivity contribution >= 4 is 19.8 Å². The summed E-state index contributed by atoms with van der Waals surface area (Å²) in [5, 5.41) is 0. The van der Waals surface area contributed by atoms with Crippen LogP contribution in [0.15, 0.2) is 48.6 Å². The molecule has 0 amide bonds. The summed E-state index contributed by atoms with van der Waals surface area (Å²) in [6.07, 6.45) is 40.2. The van der Waals surface area contributed by atoms with E-state index in [2.05, 4.69) is 62.5 Å². The molecule has 0 spiro atoms. The van der Waals surface area contributed by atoms with E-state index >= 15 is 0 Å². The van der Waals surface area contributed by atoms with Gasteiger partial charge in [-0.05, 0) is 70.6 Å². The Labute approximate surface area is 324 Å². The van der Waals surface area contributed by atoms with Gasteiger partial charge in [-0.15, -0.1) is 0 Å². The van der Waals surface area contributed by atoms with Crippen LogP contribution >= 0.6 is 7.82 Å². The number of carbonyl (C=O) groups excluding carboxylic acids is 2. The molecule has 0 saturated heterocycles. The zero-order valence-electron chi connectivity index (χ0n) is 34.5. The molecule has 10 heteroatoms. The van der Waals surface area contributed by atoms with Gasteiger partial charge in [-0.25, -0.2) is 4.57 Å². The molecule has 2 atom stereocenters. The predicted octanol–water partition coefficient (Wildman–Crippen LogP) is 11.5. The zero-order chi connectivity index (χ0) is 39.3. The van der Waals surface area contributed by atoms with Gasteiger partial charge in [0.2, 0.25) is 0 Å². The molecule has 0 aliphatic rings. The first kappa shape index (κ1) is 51.0. The molecule has 1 N–H and O–H groups in total. The minimum Gasteiger partial charge on any atom is -0.462 e. The molecule has 53 heavy (non-hydrogen) atoms. The molecule has 1 unspecified atom stereocenters. The first-order valence-corrected chi connectivity index (χ1v) is 22.4. The lowest BCUT2D eigenvalue weighted by Gasteiger charge is -2.24. The van der Waals surface area contributed by atoms with Gasteiger partial charge in [-0.3, -0.25) is 18.6 Å². The topological polar surface area (TPSA) is 108 Å². The number of ether oxygens (including phenoxy) is 2. The van der Waals surface area contributed by atoms with Crippen molar-refractivity contribution in [2.45, 2.75) is 168 Å². The van der Waals surface area contributed by atoms with Crippen LogP contribution in [0, 0.1) is 0 Å². The molecule has 0 aromatic heterocycles. The minimum atomic E-state index is -4.39. The number of allylic oxidation sites excluding steroid dienone is 8. The van der Waals surface area contributed by atoms with Gasteiger partial charge in [0.25, 0.3) is 0 Å². The fourth-order valence-electron chi connectivity index (χ4n) is 5.26. The summed E-state index contributed by atoms with van der Waals surface area (Å²) in [5.74, 6) is -0.874. The number of likely N-dealkylation sites (N-methyl/N-ethyl adjacent to an activating group) is 1. The SMILES string of the molecule is CCCCC/C=C/CCCCCCCC(=O)OC[C@H](COP(=O)(O)OCC[N+](C)(C)C)OC(=O)CCC/C=C/C/C=C/C/C=C/CCCCCCCC. The second kappa shape index (κ2) is 35.7. The quantitative estimate of drug-likeness (QED) is 0.0219. The molecule has 0 saturated carbocycles. The summed E-state index contributed by atoms with van der Waals surface area (Å²) >= 11 is 0. The van der Waals surface area contributed by atoms with Crippen LogP contribution in [0.4, 0.5) is 0 Å². The molecule has 308 valence electrons. The highest BCUT2D eigenvalue weighted by molar-refractivity contribution is 7.47. The lowest BCUT2D eigenvalue weighted by Crippen LogP contribution is -2.37. The van der Waals surface area contributed by atoms with Crippen LogP contribution in [-0.4, -0.2) is 74.9 Å². The van der Waals surface area contributed by atoms with Gasteiger partial charge in [-0.2, -0.15) is 0 Å². The molecule has 0 heterocycles. The molecule has 0 bridgehead atoms. The van der Waals surface area contributed by atoms with E-state index in [4.69, 9.17) is 18.5 Å². The average molecular weight is 769 g/mol. The highest BCUT2D eigenvalue weighted by Gasteiger charge is 2.27. The van der Waals surface area contributed by atoms with E-state index in [9.17, 15) is 19.0 Å². The molecule has 0 radical (unpaired) electrons. The number of phosphoric ester groups is 1. The summed E-state index contributed by atoms with van der Waals surface area (Å²) in [4.78, 5) is 35.2. The van der Waals surface area contributed by atoms with Crippen LogP contribution in [0.3, 0.4) is 0 Å². The van der Waals surface area contributed by atoms with Crippen molar-refractivity contribution in [3.05, 3.63) is 48.6 Å².